The molecule has 3 N–H and O–H groups in total. The Labute approximate surface area is 212 Å². The van der Waals surface area contributed by atoms with Crippen molar-refractivity contribution in [3.63, 3.8) is 0 Å². The Kier molecular flexibility index (Phi) is 7.46. The van der Waals surface area contributed by atoms with Gasteiger partial charge in [0.15, 0.2) is 5.11 Å². The van der Waals surface area contributed by atoms with Crippen LogP contribution in [-0.2, 0) is 10.8 Å². The van der Waals surface area contributed by atoms with Crippen LogP contribution in [0.4, 0.5) is 5.69 Å². The van der Waals surface area contributed by atoms with Crippen LogP contribution in [0.5, 0.6) is 0 Å². The first kappa shape index (κ1) is 26.1. The first-order chi connectivity index (χ1) is 16.3. The number of carboxylic acid groups (broad SMARTS) is 1. The molecule has 3 aromatic carbocycles. The summed E-state index contributed by atoms with van der Waals surface area (Å²) in [5.41, 5.74) is 5.01. The molecule has 0 unspecified atom stereocenters. The largest absolute Gasteiger partial charge is 0.478 e. The van der Waals surface area contributed by atoms with Gasteiger partial charge in [0.2, 0.25) is 0 Å². The van der Waals surface area contributed by atoms with E-state index in [1.54, 1.807) is 30.3 Å². The zero-order valence-corrected chi connectivity index (χ0v) is 21.8. The average molecular weight is 489 g/mol. The number of nitrogens with one attached hydrogen (secondary N) is 2. The van der Waals surface area contributed by atoms with Gasteiger partial charge in [-0.05, 0) is 81.7 Å². The number of carbonyl (C=O) groups excluding carboxylic acids is 1. The minimum absolute atomic E-state index is 0.0112. The van der Waals surface area contributed by atoms with Crippen LogP contribution in [-0.4, -0.2) is 22.1 Å². The molecule has 0 aliphatic carbocycles. The third-order valence-electron chi connectivity index (χ3n) is 5.81. The molecule has 0 saturated carbocycles. The van der Waals surface area contributed by atoms with Gasteiger partial charge >= 0.3 is 5.97 Å². The second-order valence-electron chi connectivity index (χ2n) is 10.6. The second kappa shape index (κ2) is 10.0. The molecule has 0 atom stereocenters. The zero-order valence-electron chi connectivity index (χ0n) is 21.0. The molecule has 1 amide bonds. The molecule has 0 bridgehead atoms. The fourth-order valence-electron chi connectivity index (χ4n) is 3.63. The van der Waals surface area contributed by atoms with Crippen LogP contribution < -0.4 is 10.6 Å². The number of anilines is 1. The Morgan fingerprint density at radius 3 is 1.83 bits per heavy atom. The lowest BCUT2D eigenvalue weighted by molar-refractivity contribution is 0.0697. The Morgan fingerprint density at radius 1 is 0.771 bits per heavy atom. The highest BCUT2D eigenvalue weighted by Gasteiger charge is 2.19. The monoisotopic (exact) mass is 488 g/mol. The fraction of sp³-hybridized carbons (Fsp3) is 0.276. The normalized spacial score (nSPS) is 11.6. The van der Waals surface area contributed by atoms with Gasteiger partial charge in [-0.3, -0.25) is 10.1 Å². The fourth-order valence-corrected chi connectivity index (χ4v) is 3.84. The van der Waals surface area contributed by atoms with E-state index >= 15 is 0 Å². The molecular formula is C29H32N2O3S. The SMILES string of the molecule is CC(C)(C)c1ccc(C(=O)NC(=S)Nc2ccc(-c3cc(C(C)(C)C)ccc3C(=O)O)cc2)cc1. The zero-order chi connectivity index (χ0) is 26.0. The molecule has 0 heterocycles. The maximum absolute atomic E-state index is 12.6. The Balaban J connectivity index is 1.72. The van der Waals surface area contributed by atoms with Gasteiger partial charge in [-0.1, -0.05) is 71.9 Å². The number of hydrogen-bond donors (Lipinski definition) is 3. The van der Waals surface area contributed by atoms with E-state index in [0.717, 1.165) is 16.7 Å². The van der Waals surface area contributed by atoms with Crippen molar-refractivity contribution in [1.82, 2.24) is 5.32 Å². The molecule has 5 nitrogen and oxygen atoms in total. The van der Waals surface area contributed by atoms with Crippen molar-refractivity contribution in [3.05, 3.63) is 89.0 Å². The van der Waals surface area contributed by atoms with Gasteiger partial charge in [-0.25, -0.2) is 4.79 Å². The van der Waals surface area contributed by atoms with Crippen molar-refractivity contribution in [1.29, 1.82) is 0 Å². The number of hydrogen-bond acceptors (Lipinski definition) is 3. The summed E-state index contributed by atoms with van der Waals surface area (Å²) in [6, 6.07) is 20.2. The predicted octanol–water partition coefficient (Wildman–Crippen LogP) is 6.77. The van der Waals surface area contributed by atoms with Gasteiger partial charge in [0, 0.05) is 11.3 Å². The maximum Gasteiger partial charge on any atom is 0.336 e. The minimum Gasteiger partial charge on any atom is -0.478 e. The quantitative estimate of drug-likeness (QED) is 0.353. The second-order valence-corrected chi connectivity index (χ2v) is 11.0. The summed E-state index contributed by atoms with van der Waals surface area (Å²) >= 11 is 5.32. The first-order valence-corrected chi connectivity index (χ1v) is 11.9. The summed E-state index contributed by atoms with van der Waals surface area (Å²) in [7, 11) is 0. The lowest BCUT2D eigenvalue weighted by Crippen LogP contribution is -2.34. The molecular weight excluding hydrogens is 456 g/mol. The Bertz CT molecular complexity index is 1250. The van der Waals surface area contributed by atoms with Crippen molar-refractivity contribution in [2.45, 2.75) is 52.4 Å². The summed E-state index contributed by atoms with van der Waals surface area (Å²) in [6.45, 7) is 12.6. The van der Waals surface area contributed by atoms with Gasteiger partial charge in [0.05, 0.1) is 5.56 Å². The molecule has 0 spiro atoms. The van der Waals surface area contributed by atoms with E-state index in [0.29, 0.717) is 16.8 Å². The highest BCUT2D eigenvalue weighted by Crippen LogP contribution is 2.31. The number of amides is 1. The molecule has 182 valence electrons. The van der Waals surface area contributed by atoms with E-state index in [2.05, 4.69) is 52.2 Å². The minimum atomic E-state index is -0.970. The van der Waals surface area contributed by atoms with Crippen LogP contribution in [0.1, 0.15) is 73.4 Å². The lowest BCUT2D eigenvalue weighted by Gasteiger charge is -2.21. The summed E-state index contributed by atoms with van der Waals surface area (Å²) in [5, 5.41) is 15.6. The molecule has 0 radical (unpaired) electrons. The Hall–Kier alpha value is -3.51. The van der Waals surface area contributed by atoms with Gasteiger partial charge in [0.25, 0.3) is 5.91 Å². The van der Waals surface area contributed by atoms with Crippen molar-refractivity contribution >= 4 is 34.9 Å². The topological polar surface area (TPSA) is 78.4 Å². The molecule has 6 heteroatoms. The van der Waals surface area contributed by atoms with E-state index in [1.807, 2.05) is 36.4 Å². The van der Waals surface area contributed by atoms with Gasteiger partial charge in [-0.15, -0.1) is 0 Å². The summed E-state index contributed by atoms with van der Waals surface area (Å²) < 4.78 is 0. The van der Waals surface area contributed by atoms with Crippen molar-refractivity contribution < 1.29 is 14.7 Å². The molecule has 0 saturated heterocycles. The average Bonchev–Trinajstić information content (AvgIpc) is 2.78. The van der Waals surface area contributed by atoms with E-state index in [4.69, 9.17) is 12.2 Å². The number of carboxylic acids is 1. The van der Waals surface area contributed by atoms with E-state index in [9.17, 15) is 14.7 Å². The van der Waals surface area contributed by atoms with Gasteiger partial charge in [0.1, 0.15) is 0 Å². The van der Waals surface area contributed by atoms with E-state index < -0.39 is 5.97 Å². The van der Waals surface area contributed by atoms with Crippen LogP contribution >= 0.6 is 12.2 Å². The van der Waals surface area contributed by atoms with Gasteiger partial charge in [-0.2, -0.15) is 0 Å². The van der Waals surface area contributed by atoms with Crippen molar-refractivity contribution in [3.8, 4) is 11.1 Å². The van der Waals surface area contributed by atoms with Crippen molar-refractivity contribution in [2.24, 2.45) is 0 Å². The van der Waals surface area contributed by atoms with E-state index in [1.165, 1.54) is 0 Å². The predicted molar refractivity (Wildman–Crippen MR) is 146 cm³/mol. The molecule has 35 heavy (non-hydrogen) atoms. The summed E-state index contributed by atoms with van der Waals surface area (Å²) in [5.74, 6) is -1.26. The number of aromatic carboxylic acids is 1. The molecule has 0 aliphatic rings. The van der Waals surface area contributed by atoms with Crippen molar-refractivity contribution in [2.75, 3.05) is 5.32 Å². The number of carbonyl (C=O) groups is 2. The molecule has 3 aromatic rings. The highest BCUT2D eigenvalue weighted by atomic mass is 32.1. The maximum atomic E-state index is 12.6. The van der Waals surface area contributed by atoms with Crippen LogP contribution in [0, 0.1) is 0 Å². The van der Waals surface area contributed by atoms with E-state index in [-0.39, 0.29) is 27.4 Å². The third-order valence-corrected chi connectivity index (χ3v) is 6.01. The van der Waals surface area contributed by atoms with Crippen LogP contribution in [0.2, 0.25) is 0 Å². The standard InChI is InChI=1S/C29H32N2O3S/c1-28(2,3)20-11-7-19(8-12-20)25(32)31-27(35)30-22-14-9-18(10-15-22)24-17-21(29(4,5)6)13-16-23(24)26(33)34/h7-17H,1-6H3,(H,33,34)(H2,30,31,32,35). The molecule has 3 rings (SSSR count). The summed E-state index contributed by atoms with van der Waals surface area (Å²) in [6.07, 6.45) is 0. The number of thiocarbonyl (C=S) groups is 1. The van der Waals surface area contributed by atoms with Crippen LogP contribution in [0.3, 0.4) is 0 Å². The number of benzene rings is 3. The number of rotatable bonds is 4. The smallest absolute Gasteiger partial charge is 0.336 e. The van der Waals surface area contributed by atoms with Crippen LogP contribution in [0.15, 0.2) is 66.7 Å². The first-order valence-electron chi connectivity index (χ1n) is 11.5. The summed E-state index contributed by atoms with van der Waals surface area (Å²) in [4.78, 5) is 24.4. The molecule has 0 aromatic heterocycles. The van der Waals surface area contributed by atoms with Gasteiger partial charge < -0.3 is 10.4 Å². The Morgan fingerprint density at radius 2 is 1.31 bits per heavy atom. The highest BCUT2D eigenvalue weighted by molar-refractivity contribution is 7.80. The van der Waals surface area contributed by atoms with Crippen LogP contribution in [0.25, 0.3) is 11.1 Å². The lowest BCUT2D eigenvalue weighted by atomic mass is 9.84. The molecule has 0 aliphatic heterocycles. The molecule has 0 fully saturated rings. The third kappa shape index (κ3) is 6.55.